The van der Waals surface area contributed by atoms with E-state index < -0.39 is 6.10 Å². The van der Waals surface area contributed by atoms with Gasteiger partial charge in [0.25, 0.3) is 0 Å². The maximum atomic E-state index is 12.0. The van der Waals surface area contributed by atoms with Crippen LogP contribution >= 0.6 is 0 Å². The highest BCUT2D eigenvalue weighted by Gasteiger charge is 2.40. The zero-order valence-electron chi connectivity index (χ0n) is 10.6. The van der Waals surface area contributed by atoms with Crippen LogP contribution in [-0.2, 0) is 11.2 Å². The third kappa shape index (κ3) is 1.46. The van der Waals surface area contributed by atoms with Crippen molar-refractivity contribution in [3.63, 3.8) is 0 Å². The third-order valence-corrected chi connectivity index (χ3v) is 4.42. The number of carbonyl (C=O) groups is 1. The van der Waals surface area contributed by atoms with Gasteiger partial charge in [-0.25, -0.2) is 0 Å². The van der Waals surface area contributed by atoms with Gasteiger partial charge in [-0.05, 0) is 24.5 Å². The average molecular weight is 256 g/mol. The number of rotatable bonds is 0. The Balaban J connectivity index is 1.91. The zero-order chi connectivity index (χ0) is 13.0. The van der Waals surface area contributed by atoms with Crippen LogP contribution in [0.4, 0.5) is 0 Å². The quantitative estimate of drug-likeness (QED) is 0.754. The minimum absolute atomic E-state index is 0.166. The monoisotopic (exact) mass is 256 g/mol. The summed E-state index contributed by atoms with van der Waals surface area (Å²) in [4.78, 5) is 17.3. The standard InChI is InChI=1S/C15H16N2O2/c18-12-5-6-13(19)17-8-7-10-9-3-1-2-4-11(9)16-14(10)15(12)17/h1-4,12,15-16,18H,5-8H2/t12-,15-/m0/s1. The normalized spacial score (nSPS) is 26.4. The molecule has 1 amide bonds. The number of fused-ring (bicyclic) bond motifs is 5. The minimum atomic E-state index is -0.454. The Morgan fingerprint density at radius 1 is 1.26 bits per heavy atom. The van der Waals surface area contributed by atoms with Gasteiger partial charge in [0.2, 0.25) is 5.91 Å². The topological polar surface area (TPSA) is 56.3 Å². The molecule has 3 heterocycles. The van der Waals surface area contributed by atoms with Crippen LogP contribution in [-0.4, -0.2) is 33.5 Å². The molecule has 4 heteroatoms. The van der Waals surface area contributed by atoms with Gasteiger partial charge in [-0.15, -0.1) is 0 Å². The van der Waals surface area contributed by atoms with Crippen molar-refractivity contribution in [3.05, 3.63) is 35.5 Å². The van der Waals surface area contributed by atoms with Gasteiger partial charge in [-0.3, -0.25) is 4.79 Å². The van der Waals surface area contributed by atoms with Crippen LogP contribution in [0.5, 0.6) is 0 Å². The van der Waals surface area contributed by atoms with E-state index in [1.807, 2.05) is 17.0 Å². The number of hydrogen-bond acceptors (Lipinski definition) is 2. The number of aromatic amines is 1. The smallest absolute Gasteiger partial charge is 0.223 e. The molecule has 0 aliphatic carbocycles. The Morgan fingerprint density at radius 3 is 3.00 bits per heavy atom. The van der Waals surface area contributed by atoms with Crippen molar-refractivity contribution >= 4 is 16.8 Å². The summed E-state index contributed by atoms with van der Waals surface area (Å²) >= 11 is 0. The van der Waals surface area contributed by atoms with E-state index in [-0.39, 0.29) is 11.9 Å². The van der Waals surface area contributed by atoms with Crippen molar-refractivity contribution in [2.75, 3.05) is 6.54 Å². The molecule has 1 aromatic carbocycles. The number of nitrogens with zero attached hydrogens (tertiary/aromatic N) is 1. The van der Waals surface area contributed by atoms with E-state index in [1.165, 1.54) is 10.9 Å². The van der Waals surface area contributed by atoms with Crippen LogP contribution < -0.4 is 0 Å². The molecule has 4 nitrogen and oxygen atoms in total. The van der Waals surface area contributed by atoms with Gasteiger partial charge >= 0.3 is 0 Å². The molecule has 2 aliphatic heterocycles. The molecule has 2 atom stereocenters. The van der Waals surface area contributed by atoms with E-state index in [4.69, 9.17) is 0 Å². The molecule has 1 saturated heterocycles. The van der Waals surface area contributed by atoms with E-state index in [1.54, 1.807) is 0 Å². The van der Waals surface area contributed by atoms with E-state index >= 15 is 0 Å². The maximum Gasteiger partial charge on any atom is 0.223 e. The lowest BCUT2D eigenvalue weighted by Crippen LogP contribution is -2.48. The van der Waals surface area contributed by atoms with Crippen molar-refractivity contribution in [2.24, 2.45) is 0 Å². The first-order valence-corrected chi connectivity index (χ1v) is 6.83. The fourth-order valence-electron chi connectivity index (χ4n) is 3.52. The molecule has 98 valence electrons. The SMILES string of the molecule is O=C1CC[C@H](O)[C@H]2c3[nH]c4ccccc4c3CCN12. The number of hydrogen-bond donors (Lipinski definition) is 2. The predicted octanol–water partition coefficient (Wildman–Crippen LogP) is 1.75. The molecule has 2 aromatic rings. The van der Waals surface area contributed by atoms with Crippen LogP contribution in [0.15, 0.2) is 24.3 Å². The molecule has 1 aromatic heterocycles. The third-order valence-electron chi connectivity index (χ3n) is 4.42. The largest absolute Gasteiger partial charge is 0.391 e. The van der Waals surface area contributed by atoms with Crippen LogP contribution in [0.25, 0.3) is 10.9 Å². The molecule has 2 aliphatic rings. The summed E-state index contributed by atoms with van der Waals surface area (Å²) in [7, 11) is 0. The lowest BCUT2D eigenvalue weighted by molar-refractivity contribution is -0.143. The second kappa shape index (κ2) is 3.84. The van der Waals surface area contributed by atoms with E-state index in [9.17, 15) is 9.90 Å². The van der Waals surface area contributed by atoms with Gasteiger partial charge in [-0.2, -0.15) is 0 Å². The van der Waals surface area contributed by atoms with Crippen molar-refractivity contribution in [3.8, 4) is 0 Å². The van der Waals surface area contributed by atoms with Gasteiger partial charge in [0, 0.05) is 29.6 Å². The number of para-hydroxylation sites is 1. The summed E-state index contributed by atoms with van der Waals surface area (Å²) in [5.74, 6) is 0.166. The second-order valence-electron chi connectivity index (χ2n) is 5.45. The zero-order valence-corrected chi connectivity index (χ0v) is 10.6. The molecule has 0 unspecified atom stereocenters. The highest BCUT2D eigenvalue weighted by molar-refractivity contribution is 5.86. The van der Waals surface area contributed by atoms with E-state index in [2.05, 4.69) is 17.1 Å². The molecule has 0 radical (unpaired) electrons. The van der Waals surface area contributed by atoms with Crippen molar-refractivity contribution < 1.29 is 9.90 Å². The van der Waals surface area contributed by atoms with Crippen molar-refractivity contribution in [2.45, 2.75) is 31.4 Å². The lowest BCUT2D eigenvalue weighted by Gasteiger charge is -2.41. The van der Waals surface area contributed by atoms with E-state index in [0.29, 0.717) is 12.8 Å². The number of amides is 1. The van der Waals surface area contributed by atoms with Crippen LogP contribution in [0.3, 0.4) is 0 Å². The molecule has 19 heavy (non-hydrogen) atoms. The maximum absolute atomic E-state index is 12.0. The lowest BCUT2D eigenvalue weighted by atomic mass is 9.88. The van der Waals surface area contributed by atoms with Gasteiger partial charge in [-0.1, -0.05) is 18.2 Å². The van der Waals surface area contributed by atoms with Gasteiger partial charge in [0.05, 0.1) is 12.1 Å². The number of nitrogens with one attached hydrogen (secondary N) is 1. The minimum Gasteiger partial charge on any atom is -0.391 e. The van der Waals surface area contributed by atoms with Gasteiger partial charge in [0.1, 0.15) is 0 Å². The number of aliphatic hydroxyl groups excluding tert-OH is 1. The summed E-state index contributed by atoms with van der Waals surface area (Å²) < 4.78 is 0. The van der Waals surface area contributed by atoms with Crippen LogP contribution in [0, 0.1) is 0 Å². The molecule has 1 fully saturated rings. The first-order chi connectivity index (χ1) is 9.25. The molecule has 0 saturated carbocycles. The number of H-pyrrole nitrogens is 1. The first kappa shape index (κ1) is 11.1. The van der Waals surface area contributed by atoms with Crippen molar-refractivity contribution in [1.29, 1.82) is 0 Å². The average Bonchev–Trinajstić information content (AvgIpc) is 2.81. The Morgan fingerprint density at radius 2 is 2.11 bits per heavy atom. The Kier molecular flexibility index (Phi) is 2.23. The Hall–Kier alpha value is -1.81. The van der Waals surface area contributed by atoms with E-state index in [0.717, 1.165) is 24.2 Å². The fourth-order valence-corrected chi connectivity index (χ4v) is 3.52. The molecular formula is C15H16N2O2. The molecule has 2 N–H and O–H groups in total. The summed E-state index contributed by atoms with van der Waals surface area (Å²) in [6, 6.07) is 8.01. The first-order valence-electron chi connectivity index (χ1n) is 6.83. The summed E-state index contributed by atoms with van der Waals surface area (Å²) in [6.45, 7) is 0.718. The number of aromatic nitrogens is 1. The Bertz CT molecular complexity index is 661. The highest BCUT2D eigenvalue weighted by atomic mass is 16.3. The fraction of sp³-hybridized carbons (Fsp3) is 0.400. The van der Waals surface area contributed by atoms with Gasteiger partial charge in [0.15, 0.2) is 0 Å². The molecular weight excluding hydrogens is 240 g/mol. The highest BCUT2D eigenvalue weighted by Crippen LogP contribution is 2.39. The predicted molar refractivity (Wildman–Crippen MR) is 71.7 cm³/mol. The van der Waals surface area contributed by atoms with Gasteiger partial charge < -0.3 is 15.0 Å². The number of piperidine rings is 1. The number of carbonyl (C=O) groups excluding carboxylic acids is 1. The number of benzene rings is 1. The Labute approximate surface area is 111 Å². The summed E-state index contributed by atoms with van der Waals surface area (Å²) in [5, 5.41) is 11.5. The van der Waals surface area contributed by atoms with Crippen LogP contribution in [0.1, 0.15) is 30.1 Å². The van der Waals surface area contributed by atoms with Crippen molar-refractivity contribution in [1.82, 2.24) is 9.88 Å². The van der Waals surface area contributed by atoms with Crippen LogP contribution in [0.2, 0.25) is 0 Å². The second-order valence-corrected chi connectivity index (χ2v) is 5.45. The molecule has 0 bridgehead atoms. The summed E-state index contributed by atoms with van der Waals surface area (Å²) in [5.41, 5.74) is 3.40. The molecule has 4 rings (SSSR count). The molecule has 0 spiro atoms. The summed E-state index contributed by atoms with van der Waals surface area (Å²) in [6.07, 6.45) is 1.45. The number of aliphatic hydroxyl groups is 1.